The number of hydrogen-bond donors (Lipinski definition) is 2. The third kappa shape index (κ3) is 4.46. The summed E-state index contributed by atoms with van der Waals surface area (Å²) in [6, 6.07) is 4.54. The normalized spacial score (nSPS) is 45.0. The quantitative estimate of drug-likeness (QED) is 0.159. The zero-order valence-electron chi connectivity index (χ0n) is 27.8. The highest BCUT2D eigenvalue weighted by atomic mass is 16.5. The van der Waals surface area contributed by atoms with Crippen LogP contribution in [0.25, 0.3) is 6.08 Å². The molecule has 1 aromatic carbocycles. The molecule has 4 heteroatoms. The summed E-state index contributed by atoms with van der Waals surface area (Å²) in [5.41, 5.74) is 3.40. The lowest BCUT2D eigenvalue weighted by Gasteiger charge is -2.73. The third-order valence-corrected chi connectivity index (χ3v) is 15.1. The molecule has 0 radical (unpaired) electrons. The topological polar surface area (TPSA) is 66.8 Å². The van der Waals surface area contributed by atoms with Crippen LogP contribution < -0.4 is 0 Å². The Morgan fingerprint density at radius 1 is 0.860 bits per heavy atom. The Morgan fingerprint density at radius 2 is 1.60 bits per heavy atom. The summed E-state index contributed by atoms with van der Waals surface area (Å²) in [4.78, 5) is 13.0. The summed E-state index contributed by atoms with van der Waals surface area (Å²) >= 11 is 0. The fourth-order valence-corrected chi connectivity index (χ4v) is 12.7. The number of rotatable bonds is 4. The summed E-state index contributed by atoms with van der Waals surface area (Å²) in [7, 11) is 0. The first-order chi connectivity index (χ1) is 20.1. The molecule has 1 aromatic rings. The summed E-state index contributed by atoms with van der Waals surface area (Å²) in [6.07, 6.45) is 15.6. The molecule has 10 atom stereocenters. The number of hydrogen-bond acceptors (Lipinski definition) is 4. The predicted octanol–water partition coefficient (Wildman–Crippen LogP) is 9.70. The maximum Gasteiger partial charge on any atom is 0.331 e. The SMILES string of the molecule is C=C(C)C1CCC2(C)CCC3(C)C(CCC4C5(C)CCC(OC(=O)C=Cc6ccc(O)c(O)c6)C(C)(C)C5CCC43C)C12. The summed E-state index contributed by atoms with van der Waals surface area (Å²) < 4.78 is 6.19. The molecule has 43 heavy (non-hydrogen) atoms. The van der Waals surface area contributed by atoms with E-state index in [2.05, 4.69) is 55.0 Å². The summed E-state index contributed by atoms with van der Waals surface area (Å²) in [6.45, 7) is 22.1. The van der Waals surface area contributed by atoms with Crippen molar-refractivity contribution in [3.05, 3.63) is 42.0 Å². The molecule has 5 aliphatic rings. The number of esters is 1. The van der Waals surface area contributed by atoms with E-state index in [9.17, 15) is 15.0 Å². The molecule has 10 unspecified atom stereocenters. The van der Waals surface area contributed by atoms with Crippen molar-refractivity contribution in [3.63, 3.8) is 0 Å². The molecule has 0 amide bonds. The van der Waals surface area contributed by atoms with E-state index in [4.69, 9.17) is 4.74 Å². The van der Waals surface area contributed by atoms with Crippen LogP contribution in [-0.2, 0) is 9.53 Å². The average Bonchev–Trinajstić information content (AvgIpc) is 3.29. The van der Waals surface area contributed by atoms with Gasteiger partial charge in [0.1, 0.15) is 6.10 Å². The van der Waals surface area contributed by atoms with Crippen molar-refractivity contribution in [2.45, 2.75) is 119 Å². The van der Waals surface area contributed by atoms with Crippen molar-refractivity contribution in [1.82, 2.24) is 0 Å². The van der Waals surface area contributed by atoms with Crippen molar-refractivity contribution in [3.8, 4) is 11.5 Å². The molecule has 0 spiro atoms. The van der Waals surface area contributed by atoms with E-state index >= 15 is 0 Å². The fourth-order valence-electron chi connectivity index (χ4n) is 12.7. The Balaban J connectivity index is 1.22. The van der Waals surface area contributed by atoms with Gasteiger partial charge in [0, 0.05) is 11.5 Å². The van der Waals surface area contributed by atoms with Crippen LogP contribution in [0.3, 0.4) is 0 Å². The van der Waals surface area contributed by atoms with Crippen LogP contribution in [0.2, 0.25) is 0 Å². The third-order valence-electron chi connectivity index (χ3n) is 15.1. The van der Waals surface area contributed by atoms with Crippen molar-refractivity contribution < 1.29 is 19.7 Å². The van der Waals surface area contributed by atoms with Gasteiger partial charge in [-0.25, -0.2) is 4.79 Å². The summed E-state index contributed by atoms with van der Waals surface area (Å²) in [5.74, 6) is 2.79. The van der Waals surface area contributed by atoms with E-state index in [0.29, 0.717) is 39.6 Å². The zero-order valence-corrected chi connectivity index (χ0v) is 27.8. The number of carbonyl (C=O) groups excluding carboxylic acids is 1. The van der Waals surface area contributed by atoms with Gasteiger partial charge in [-0.05, 0) is 146 Å². The number of aromatic hydroxyl groups is 2. The lowest BCUT2D eigenvalue weighted by Crippen LogP contribution is -2.66. The molecule has 5 saturated carbocycles. The van der Waals surface area contributed by atoms with Gasteiger partial charge < -0.3 is 14.9 Å². The molecule has 236 valence electrons. The minimum Gasteiger partial charge on any atom is -0.504 e. The number of fused-ring (bicyclic) bond motifs is 7. The van der Waals surface area contributed by atoms with Gasteiger partial charge in [-0.3, -0.25) is 0 Å². The van der Waals surface area contributed by atoms with Gasteiger partial charge >= 0.3 is 5.97 Å². The van der Waals surface area contributed by atoms with Gasteiger partial charge in [-0.1, -0.05) is 59.8 Å². The molecule has 0 aromatic heterocycles. The first kappa shape index (κ1) is 30.8. The Kier molecular flexibility index (Phi) is 7.26. The number of phenols is 2. The van der Waals surface area contributed by atoms with E-state index in [1.165, 1.54) is 75.1 Å². The van der Waals surface area contributed by atoms with Crippen LogP contribution in [0, 0.1) is 56.7 Å². The lowest BCUT2D eigenvalue weighted by atomic mass is 9.32. The molecular formula is C39H56O4. The van der Waals surface area contributed by atoms with Crippen LogP contribution in [0.5, 0.6) is 11.5 Å². The highest BCUT2D eigenvalue weighted by Crippen LogP contribution is 2.77. The van der Waals surface area contributed by atoms with Crippen LogP contribution in [-0.4, -0.2) is 22.3 Å². The van der Waals surface area contributed by atoms with Gasteiger partial charge in [0.05, 0.1) is 0 Å². The first-order valence-electron chi connectivity index (χ1n) is 17.1. The smallest absolute Gasteiger partial charge is 0.331 e. The van der Waals surface area contributed by atoms with Gasteiger partial charge in [-0.15, -0.1) is 0 Å². The van der Waals surface area contributed by atoms with Crippen molar-refractivity contribution in [2.75, 3.05) is 0 Å². The van der Waals surface area contributed by atoms with Crippen molar-refractivity contribution in [1.29, 1.82) is 0 Å². The molecule has 0 aliphatic heterocycles. The van der Waals surface area contributed by atoms with Crippen molar-refractivity contribution >= 4 is 12.0 Å². The second kappa shape index (κ2) is 10.1. The number of carbonyl (C=O) groups is 1. The number of phenolic OH excluding ortho intramolecular Hbond substituents is 2. The maximum atomic E-state index is 13.0. The van der Waals surface area contributed by atoms with Crippen molar-refractivity contribution in [2.24, 2.45) is 56.7 Å². The monoisotopic (exact) mass is 588 g/mol. The maximum absolute atomic E-state index is 13.0. The standard InChI is InChI=1S/C39H56O4/c1-24(2)26-15-18-36(5)21-22-38(7)27(34(26)36)11-13-31-37(6)19-17-32(35(3,4)30(37)16-20-39(31,38)8)43-33(42)14-10-25-9-12-28(40)29(41)23-25/h9-10,12,14,23,26-27,30-32,34,40-41H,1,11,13,15-22H2,2-8H3. The fraction of sp³-hybridized carbons (Fsp3) is 0.718. The largest absolute Gasteiger partial charge is 0.504 e. The molecule has 5 fully saturated rings. The van der Waals surface area contributed by atoms with E-state index in [1.54, 1.807) is 12.1 Å². The molecule has 4 nitrogen and oxygen atoms in total. The van der Waals surface area contributed by atoms with Crippen LogP contribution in [0.15, 0.2) is 36.4 Å². The number of ether oxygens (including phenoxy) is 1. The minimum absolute atomic E-state index is 0.103. The zero-order chi connectivity index (χ0) is 31.2. The van der Waals surface area contributed by atoms with Gasteiger partial charge in [0.25, 0.3) is 0 Å². The molecule has 0 bridgehead atoms. The Hall–Kier alpha value is -2.23. The average molecular weight is 589 g/mol. The molecule has 0 saturated heterocycles. The minimum atomic E-state index is -0.336. The molecule has 5 aliphatic carbocycles. The van der Waals surface area contributed by atoms with E-state index in [0.717, 1.165) is 24.7 Å². The van der Waals surface area contributed by atoms with E-state index in [-0.39, 0.29) is 34.4 Å². The predicted molar refractivity (Wildman–Crippen MR) is 173 cm³/mol. The molecular weight excluding hydrogens is 532 g/mol. The first-order valence-corrected chi connectivity index (χ1v) is 17.1. The second-order valence-corrected chi connectivity index (χ2v) is 17.2. The Morgan fingerprint density at radius 3 is 2.30 bits per heavy atom. The van der Waals surface area contributed by atoms with Gasteiger partial charge in [0.15, 0.2) is 11.5 Å². The van der Waals surface area contributed by atoms with Crippen LogP contribution in [0.1, 0.15) is 118 Å². The van der Waals surface area contributed by atoms with Crippen LogP contribution >= 0.6 is 0 Å². The van der Waals surface area contributed by atoms with Gasteiger partial charge in [-0.2, -0.15) is 0 Å². The Bertz CT molecular complexity index is 1330. The molecule has 6 rings (SSSR count). The van der Waals surface area contributed by atoms with Crippen LogP contribution in [0.4, 0.5) is 0 Å². The van der Waals surface area contributed by atoms with Gasteiger partial charge in [0.2, 0.25) is 0 Å². The van der Waals surface area contributed by atoms with E-state index < -0.39 is 0 Å². The van der Waals surface area contributed by atoms with E-state index in [1.807, 2.05) is 0 Å². The second-order valence-electron chi connectivity index (χ2n) is 17.2. The highest BCUT2D eigenvalue weighted by molar-refractivity contribution is 5.87. The summed E-state index contributed by atoms with van der Waals surface area (Å²) in [5, 5.41) is 19.4. The number of benzene rings is 1. The molecule has 0 heterocycles. The number of allylic oxidation sites excluding steroid dienone is 1. The molecule has 2 N–H and O–H groups in total. The Labute approximate surface area is 260 Å². The highest BCUT2D eigenvalue weighted by Gasteiger charge is 2.70. The lowest BCUT2D eigenvalue weighted by molar-refractivity contribution is -0.248.